The van der Waals surface area contributed by atoms with Crippen molar-refractivity contribution in [3.63, 3.8) is 0 Å². The Bertz CT molecular complexity index is 1380. The highest BCUT2D eigenvalue weighted by atomic mass is 35.5. The lowest BCUT2D eigenvalue weighted by Gasteiger charge is -2.16. The lowest BCUT2D eigenvalue weighted by Crippen LogP contribution is -2.20. The molecule has 0 spiro atoms. The molecule has 5 aromatic rings. The van der Waals surface area contributed by atoms with Gasteiger partial charge in [0.15, 0.2) is 0 Å². The SMILES string of the molecule is CC(Cn1cnnn1)Oc1cc(-c2cnc(Nc3nc4ccccc4n3C)nc2)ccc1Cl. The summed E-state index contributed by atoms with van der Waals surface area (Å²) in [6.07, 6.45) is 4.85. The molecule has 0 saturated carbocycles. The molecular formula is C22H20ClN9O. The van der Waals surface area contributed by atoms with Gasteiger partial charge in [-0.05, 0) is 47.2 Å². The molecule has 5 rings (SSSR count). The van der Waals surface area contributed by atoms with Gasteiger partial charge >= 0.3 is 0 Å². The van der Waals surface area contributed by atoms with Crippen LogP contribution >= 0.6 is 11.6 Å². The van der Waals surface area contributed by atoms with Crippen molar-refractivity contribution in [1.82, 2.24) is 39.7 Å². The average Bonchev–Trinajstić information content (AvgIpc) is 3.44. The molecule has 33 heavy (non-hydrogen) atoms. The summed E-state index contributed by atoms with van der Waals surface area (Å²) >= 11 is 6.35. The summed E-state index contributed by atoms with van der Waals surface area (Å²) in [6.45, 7) is 2.43. The number of rotatable bonds is 7. The molecule has 0 bridgehead atoms. The monoisotopic (exact) mass is 461 g/mol. The van der Waals surface area contributed by atoms with Crippen LogP contribution in [0.4, 0.5) is 11.9 Å². The van der Waals surface area contributed by atoms with Gasteiger partial charge in [0.2, 0.25) is 11.9 Å². The molecule has 2 aromatic carbocycles. The molecular weight excluding hydrogens is 442 g/mol. The Morgan fingerprint density at radius 3 is 2.67 bits per heavy atom. The summed E-state index contributed by atoms with van der Waals surface area (Å²) in [5.74, 6) is 1.69. The number of aryl methyl sites for hydroxylation is 1. The number of ether oxygens (including phenoxy) is 1. The molecule has 11 heteroatoms. The summed E-state index contributed by atoms with van der Waals surface area (Å²) in [4.78, 5) is 13.5. The number of halogens is 1. The quantitative estimate of drug-likeness (QED) is 0.389. The van der Waals surface area contributed by atoms with E-state index < -0.39 is 0 Å². The van der Waals surface area contributed by atoms with E-state index in [4.69, 9.17) is 16.3 Å². The van der Waals surface area contributed by atoms with Crippen molar-refractivity contribution in [2.75, 3.05) is 5.32 Å². The van der Waals surface area contributed by atoms with Crippen molar-refractivity contribution < 1.29 is 4.74 Å². The van der Waals surface area contributed by atoms with E-state index in [0.29, 0.717) is 29.2 Å². The van der Waals surface area contributed by atoms with Crippen LogP contribution in [-0.2, 0) is 13.6 Å². The first-order valence-corrected chi connectivity index (χ1v) is 10.6. The normalized spacial score (nSPS) is 12.1. The van der Waals surface area contributed by atoms with Crippen molar-refractivity contribution in [1.29, 1.82) is 0 Å². The molecule has 3 aromatic heterocycles. The van der Waals surface area contributed by atoms with Crippen LogP contribution in [0.15, 0.2) is 61.2 Å². The fourth-order valence-electron chi connectivity index (χ4n) is 3.45. The largest absolute Gasteiger partial charge is 0.487 e. The molecule has 3 heterocycles. The first-order valence-electron chi connectivity index (χ1n) is 10.2. The van der Waals surface area contributed by atoms with Crippen molar-refractivity contribution in [2.45, 2.75) is 19.6 Å². The Morgan fingerprint density at radius 2 is 1.91 bits per heavy atom. The maximum Gasteiger partial charge on any atom is 0.229 e. The third-order valence-corrected chi connectivity index (χ3v) is 5.40. The van der Waals surface area contributed by atoms with Crippen molar-refractivity contribution >= 4 is 34.5 Å². The van der Waals surface area contributed by atoms with Gasteiger partial charge in [-0.25, -0.2) is 19.6 Å². The van der Waals surface area contributed by atoms with Gasteiger partial charge in [0.1, 0.15) is 18.2 Å². The molecule has 0 aliphatic heterocycles. The maximum atomic E-state index is 6.35. The van der Waals surface area contributed by atoms with Crippen LogP contribution in [0.3, 0.4) is 0 Å². The highest BCUT2D eigenvalue weighted by Crippen LogP contribution is 2.31. The minimum Gasteiger partial charge on any atom is -0.487 e. The minimum absolute atomic E-state index is 0.183. The van der Waals surface area contributed by atoms with Crippen molar-refractivity contribution in [3.8, 4) is 16.9 Å². The lowest BCUT2D eigenvalue weighted by atomic mass is 10.1. The molecule has 0 amide bonds. The number of anilines is 2. The number of nitrogens with zero attached hydrogens (tertiary/aromatic N) is 8. The van der Waals surface area contributed by atoms with E-state index in [0.717, 1.165) is 22.2 Å². The van der Waals surface area contributed by atoms with Crippen LogP contribution in [0.1, 0.15) is 6.92 Å². The second kappa shape index (κ2) is 8.83. The van der Waals surface area contributed by atoms with Gasteiger partial charge in [-0.2, -0.15) is 0 Å². The Balaban J connectivity index is 1.32. The van der Waals surface area contributed by atoms with E-state index in [2.05, 4.69) is 35.8 Å². The van der Waals surface area contributed by atoms with Gasteiger partial charge in [-0.1, -0.05) is 29.8 Å². The summed E-state index contributed by atoms with van der Waals surface area (Å²) in [5, 5.41) is 14.8. The Morgan fingerprint density at radius 1 is 1.09 bits per heavy atom. The number of benzene rings is 2. The minimum atomic E-state index is -0.183. The predicted molar refractivity (Wildman–Crippen MR) is 124 cm³/mol. The zero-order chi connectivity index (χ0) is 22.8. The molecule has 0 aliphatic rings. The molecule has 0 radical (unpaired) electrons. The summed E-state index contributed by atoms with van der Waals surface area (Å²) in [7, 11) is 1.95. The van der Waals surface area contributed by atoms with E-state index in [-0.39, 0.29) is 6.10 Å². The van der Waals surface area contributed by atoms with Crippen LogP contribution in [-0.4, -0.2) is 45.8 Å². The van der Waals surface area contributed by atoms with Crippen LogP contribution in [0.25, 0.3) is 22.2 Å². The van der Waals surface area contributed by atoms with Gasteiger partial charge in [0, 0.05) is 25.0 Å². The van der Waals surface area contributed by atoms with Gasteiger partial charge in [0.05, 0.1) is 22.6 Å². The second-order valence-electron chi connectivity index (χ2n) is 7.51. The standard InChI is InChI=1S/C22H20ClN9O/c1-14(12-32-13-26-29-30-32)33-20-9-15(7-8-17(20)23)16-10-24-21(25-11-16)28-22-27-18-5-3-4-6-19(18)31(22)2/h3-11,13-14H,12H2,1-2H3,(H,24,25,27,28). The predicted octanol–water partition coefficient (Wildman–Crippen LogP) is 3.88. The first kappa shape index (κ1) is 20.8. The molecule has 0 aliphatic carbocycles. The van der Waals surface area contributed by atoms with Crippen LogP contribution < -0.4 is 10.1 Å². The number of tetrazole rings is 1. The van der Waals surface area contributed by atoms with Crippen molar-refractivity contribution in [3.05, 3.63) is 66.2 Å². The molecule has 1 unspecified atom stereocenters. The number of hydrogen-bond acceptors (Lipinski definition) is 8. The number of aromatic nitrogens is 8. The van der Waals surface area contributed by atoms with E-state index in [1.807, 2.05) is 54.9 Å². The third kappa shape index (κ3) is 4.46. The zero-order valence-corrected chi connectivity index (χ0v) is 18.7. The van der Waals surface area contributed by atoms with Crippen LogP contribution in [0.5, 0.6) is 5.75 Å². The first-order chi connectivity index (χ1) is 16.1. The highest BCUT2D eigenvalue weighted by Gasteiger charge is 2.12. The average molecular weight is 462 g/mol. The topological polar surface area (TPSA) is 108 Å². The molecule has 166 valence electrons. The molecule has 1 atom stereocenters. The van der Waals surface area contributed by atoms with Crippen LogP contribution in [0.2, 0.25) is 5.02 Å². The number of fused-ring (bicyclic) bond motifs is 1. The van der Waals surface area contributed by atoms with E-state index in [9.17, 15) is 0 Å². The summed E-state index contributed by atoms with van der Waals surface area (Å²) < 4.78 is 9.58. The Labute approximate surface area is 194 Å². The molecule has 1 N–H and O–H groups in total. The van der Waals surface area contributed by atoms with E-state index in [1.165, 1.54) is 0 Å². The number of imidazole rings is 1. The highest BCUT2D eigenvalue weighted by molar-refractivity contribution is 6.32. The van der Waals surface area contributed by atoms with Crippen molar-refractivity contribution in [2.24, 2.45) is 7.05 Å². The zero-order valence-electron chi connectivity index (χ0n) is 17.9. The third-order valence-electron chi connectivity index (χ3n) is 5.09. The number of hydrogen-bond donors (Lipinski definition) is 1. The maximum absolute atomic E-state index is 6.35. The fraction of sp³-hybridized carbons (Fsp3) is 0.182. The smallest absolute Gasteiger partial charge is 0.229 e. The van der Waals surface area contributed by atoms with E-state index in [1.54, 1.807) is 29.5 Å². The fourth-order valence-corrected chi connectivity index (χ4v) is 3.62. The molecule has 0 fully saturated rings. The van der Waals surface area contributed by atoms with Gasteiger partial charge in [-0.3, -0.25) is 5.32 Å². The van der Waals surface area contributed by atoms with E-state index >= 15 is 0 Å². The number of nitrogens with one attached hydrogen (secondary N) is 1. The second-order valence-corrected chi connectivity index (χ2v) is 7.92. The molecule has 0 saturated heterocycles. The lowest BCUT2D eigenvalue weighted by molar-refractivity contribution is 0.193. The van der Waals surface area contributed by atoms with Gasteiger partial charge in [0.25, 0.3) is 0 Å². The van der Waals surface area contributed by atoms with Crippen LogP contribution in [0, 0.1) is 0 Å². The Hall–Kier alpha value is -4.05. The molecule has 10 nitrogen and oxygen atoms in total. The van der Waals surface area contributed by atoms with Gasteiger partial charge < -0.3 is 9.30 Å². The number of para-hydroxylation sites is 2. The Kier molecular flexibility index (Phi) is 5.57. The summed E-state index contributed by atoms with van der Waals surface area (Å²) in [6, 6.07) is 13.5. The van der Waals surface area contributed by atoms with Gasteiger partial charge in [-0.15, -0.1) is 5.10 Å². The summed E-state index contributed by atoms with van der Waals surface area (Å²) in [5.41, 5.74) is 3.65.